The molecule has 144 valence electrons. The van der Waals surface area contributed by atoms with Crippen LogP contribution in [0.4, 0.5) is 0 Å². The van der Waals surface area contributed by atoms with E-state index in [1.54, 1.807) is 0 Å². The molecule has 0 aromatic heterocycles. The van der Waals surface area contributed by atoms with E-state index in [9.17, 15) is 0 Å². The Morgan fingerprint density at radius 3 is 2.00 bits per heavy atom. The number of aryl methyl sites for hydroxylation is 2. The molecule has 6 aromatic rings. The van der Waals surface area contributed by atoms with Crippen LogP contribution in [0, 0.1) is 13.8 Å². The lowest BCUT2D eigenvalue weighted by atomic mass is 9.32. The van der Waals surface area contributed by atoms with Gasteiger partial charge < -0.3 is 0 Å². The second-order valence-corrected chi connectivity index (χ2v) is 9.02. The first kappa shape index (κ1) is 17.1. The number of hydrogen-bond donors (Lipinski definition) is 0. The van der Waals surface area contributed by atoms with Gasteiger partial charge in [0.1, 0.15) is 0 Å². The highest BCUT2D eigenvalue weighted by Crippen LogP contribution is 2.40. The van der Waals surface area contributed by atoms with E-state index in [0.717, 1.165) is 0 Å². The van der Waals surface area contributed by atoms with E-state index in [2.05, 4.69) is 105 Å². The fourth-order valence-corrected chi connectivity index (χ4v) is 6.09. The van der Waals surface area contributed by atoms with E-state index in [1.807, 2.05) is 0 Å². The molecular formula is C30H21B. The van der Waals surface area contributed by atoms with Crippen LogP contribution in [0.1, 0.15) is 11.1 Å². The first-order valence-corrected chi connectivity index (χ1v) is 11.1. The molecule has 1 aliphatic heterocycles. The molecule has 0 N–H and O–H groups in total. The van der Waals surface area contributed by atoms with Crippen molar-refractivity contribution in [2.45, 2.75) is 13.8 Å². The number of fused-ring (bicyclic) bond motifs is 2. The van der Waals surface area contributed by atoms with Gasteiger partial charge in [-0.1, -0.05) is 119 Å². The first-order chi connectivity index (χ1) is 15.2. The normalized spacial score (nSPS) is 12.8. The zero-order chi connectivity index (χ0) is 20.7. The van der Waals surface area contributed by atoms with Crippen molar-refractivity contribution in [3.8, 4) is 11.1 Å². The van der Waals surface area contributed by atoms with Crippen molar-refractivity contribution in [1.82, 2.24) is 0 Å². The third kappa shape index (κ3) is 2.16. The third-order valence-corrected chi connectivity index (χ3v) is 7.36. The van der Waals surface area contributed by atoms with E-state index in [0.29, 0.717) is 0 Å². The molecule has 0 amide bonds. The van der Waals surface area contributed by atoms with Gasteiger partial charge in [-0.15, -0.1) is 0 Å². The van der Waals surface area contributed by atoms with Gasteiger partial charge in [0.2, 0.25) is 6.71 Å². The smallest absolute Gasteiger partial charge is 0.0664 e. The highest BCUT2D eigenvalue weighted by molar-refractivity contribution is 6.99. The fraction of sp³-hybridized carbons (Fsp3) is 0.0667. The Balaban J connectivity index is 1.76. The molecule has 0 spiro atoms. The molecule has 1 heteroatoms. The zero-order valence-electron chi connectivity index (χ0n) is 17.7. The highest BCUT2D eigenvalue weighted by atomic mass is 14.2. The molecule has 0 nitrogen and oxygen atoms in total. The van der Waals surface area contributed by atoms with E-state index in [-0.39, 0.29) is 6.71 Å². The maximum absolute atomic E-state index is 2.47. The molecule has 1 aliphatic rings. The van der Waals surface area contributed by atoms with Crippen LogP contribution in [0.3, 0.4) is 0 Å². The van der Waals surface area contributed by atoms with E-state index < -0.39 is 0 Å². The predicted octanol–water partition coefficient (Wildman–Crippen LogP) is 5.70. The van der Waals surface area contributed by atoms with E-state index in [4.69, 9.17) is 0 Å². The fourth-order valence-electron chi connectivity index (χ4n) is 6.09. The second kappa shape index (κ2) is 5.98. The summed E-state index contributed by atoms with van der Waals surface area (Å²) in [6.45, 7) is 4.78. The molecule has 0 saturated carbocycles. The van der Waals surface area contributed by atoms with Gasteiger partial charge in [-0.25, -0.2) is 0 Å². The van der Waals surface area contributed by atoms with E-state index >= 15 is 0 Å². The van der Waals surface area contributed by atoms with Crippen LogP contribution in [0.2, 0.25) is 0 Å². The van der Waals surface area contributed by atoms with Crippen molar-refractivity contribution in [1.29, 1.82) is 0 Å². The Morgan fingerprint density at radius 1 is 0.484 bits per heavy atom. The molecule has 0 saturated heterocycles. The van der Waals surface area contributed by atoms with Crippen molar-refractivity contribution in [2.24, 2.45) is 0 Å². The molecule has 1 heterocycles. The van der Waals surface area contributed by atoms with Gasteiger partial charge in [-0.3, -0.25) is 0 Å². The zero-order valence-corrected chi connectivity index (χ0v) is 17.7. The molecule has 0 atom stereocenters. The van der Waals surface area contributed by atoms with Crippen LogP contribution in [-0.4, -0.2) is 6.71 Å². The van der Waals surface area contributed by atoms with Gasteiger partial charge in [0.05, 0.1) is 0 Å². The van der Waals surface area contributed by atoms with Crippen LogP contribution >= 0.6 is 0 Å². The summed E-state index contributed by atoms with van der Waals surface area (Å²) in [5, 5.41) is 8.28. The molecular weight excluding hydrogens is 371 g/mol. The lowest BCUT2D eigenvalue weighted by Gasteiger charge is -2.30. The predicted molar refractivity (Wildman–Crippen MR) is 136 cm³/mol. The van der Waals surface area contributed by atoms with Crippen molar-refractivity contribution >= 4 is 55.4 Å². The van der Waals surface area contributed by atoms with Crippen LogP contribution in [-0.2, 0) is 0 Å². The molecule has 6 aromatic carbocycles. The third-order valence-electron chi connectivity index (χ3n) is 7.36. The van der Waals surface area contributed by atoms with Crippen LogP contribution in [0.25, 0.3) is 43.4 Å². The van der Waals surface area contributed by atoms with Crippen molar-refractivity contribution in [2.75, 3.05) is 0 Å². The van der Waals surface area contributed by atoms with Gasteiger partial charge in [-0.05, 0) is 57.3 Å². The Labute approximate surface area is 182 Å². The lowest BCUT2D eigenvalue weighted by Crippen LogP contribution is -2.56. The van der Waals surface area contributed by atoms with Crippen molar-refractivity contribution in [3.05, 3.63) is 102 Å². The number of hydrogen-bond acceptors (Lipinski definition) is 0. The molecule has 0 unspecified atom stereocenters. The first-order valence-electron chi connectivity index (χ1n) is 11.1. The minimum absolute atomic E-state index is 0.249. The van der Waals surface area contributed by atoms with Crippen molar-refractivity contribution in [3.63, 3.8) is 0 Å². The van der Waals surface area contributed by atoms with Crippen LogP contribution < -0.4 is 16.4 Å². The topological polar surface area (TPSA) is 0 Å². The summed E-state index contributed by atoms with van der Waals surface area (Å²) >= 11 is 0. The Morgan fingerprint density at radius 2 is 1.16 bits per heavy atom. The highest BCUT2D eigenvalue weighted by Gasteiger charge is 2.34. The van der Waals surface area contributed by atoms with Gasteiger partial charge in [0.25, 0.3) is 0 Å². The standard InChI is InChI=1S/C30H21B/c1-18-7-5-8-19(2)30(18)31-25-12-4-3-11-23(25)24-16-15-21-14-13-20-9-6-10-22-17-26(31)29(24)28(21)27(20)22/h3-17H,1-2H3. The lowest BCUT2D eigenvalue weighted by molar-refractivity contribution is 1.43. The van der Waals surface area contributed by atoms with Gasteiger partial charge in [-0.2, -0.15) is 0 Å². The Kier molecular flexibility index (Phi) is 3.31. The minimum atomic E-state index is 0.249. The quantitative estimate of drug-likeness (QED) is 0.248. The number of rotatable bonds is 1. The summed E-state index contributed by atoms with van der Waals surface area (Å²) < 4.78 is 0. The average Bonchev–Trinajstić information content (AvgIpc) is 2.80. The molecule has 31 heavy (non-hydrogen) atoms. The average molecular weight is 392 g/mol. The Hall–Kier alpha value is -3.58. The molecule has 0 radical (unpaired) electrons. The second-order valence-electron chi connectivity index (χ2n) is 9.02. The Bertz CT molecular complexity index is 1640. The molecule has 0 bridgehead atoms. The molecule has 0 fully saturated rings. The van der Waals surface area contributed by atoms with Crippen LogP contribution in [0.15, 0.2) is 91.0 Å². The number of benzene rings is 6. The summed E-state index contributed by atoms with van der Waals surface area (Å²) in [4.78, 5) is 0. The van der Waals surface area contributed by atoms with Gasteiger partial charge >= 0.3 is 0 Å². The summed E-state index contributed by atoms with van der Waals surface area (Å²) in [6.07, 6.45) is 0. The summed E-state index contributed by atoms with van der Waals surface area (Å²) in [5.41, 5.74) is 9.81. The van der Waals surface area contributed by atoms with Gasteiger partial charge in [0, 0.05) is 0 Å². The van der Waals surface area contributed by atoms with Gasteiger partial charge in [0.15, 0.2) is 0 Å². The van der Waals surface area contributed by atoms with E-state index in [1.165, 1.54) is 71.0 Å². The summed E-state index contributed by atoms with van der Waals surface area (Å²) in [5.74, 6) is 0. The maximum atomic E-state index is 2.47. The molecule has 7 rings (SSSR count). The SMILES string of the molecule is Cc1cccc(C)c1B1c2ccccc2-c2ccc3ccc4cccc5cc1c2c3c45. The largest absolute Gasteiger partial charge is 0.243 e. The molecule has 0 aliphatic carbocycles. The minimum Gasteiger partial charge on any atom is -0.0664 e. The van der Waals surface area contributed by atoms with Crippen LogP contribution in [0.5, 0.6) is 0 Å². The van der Waals surface area contributed by atoms with Crippen molar-refractivity contribution < 1.29 is 0 Å². The monoisotopic (exact) mass is 392 g/mol. The maximum Gasteiger partial charge on any atom is 0.243 e. The summed E-state index contributed by atoms with van der Waals surface area (Å²) in [7, 11) is 0. The summed E-state index contributed by atoms with van der Waals surface area (Å²) in [6, 6.07) is 34.1.